The molecule has 2 N–H and O–H groups in total. The van der Waals surface area contributed by atoms with Crippen LogP contribution < -0.4 is 10.6 Å². The molecular formula is C12H13F3N2O2. The number of carbonyl (C=O) groups is 2. The van der Waals surface area contributed by atoms with E-state index < -0.39 is 24.5 Å². The van der Waals surface area contributed by atoms with Gasteiger partial charge >= 0.3 is 18.0 Å². The average Bonchev–Trinajstić information content (AvgIpc) is 2.34. The molecule has 0 unspecified atom stereocenters. The fourth-order valence-electron chi connectivity index (χ4n) is 1.23. The second-order valence-corrected chi connectivity index (χ2v) is 3.97. The summed E-state index contributed by atoms with van der Waals surface area (Å²) < 4.78 is 35.5. The van der Waals surface area contributed by atoms with E-state index in [1.54, 1.807) is 12.1 Å². The minimum Gasteiger partial charge on any atom is -0.344 e. The summed E-state index contributed by atoms with van der Waals surface area (Å²) in [5, 5.41) is 3.73. The van der Waals surface area contributed by atoms with Crippen molar-refractivity contribution in [2.45, 2.75) is 19.6 Å². The molecule has 0 radical (unpaired) electrons. The summed E-state index contributed by atoms with van der Waals surface area (Å²) in [5.74, 6) is -2.39. The minimum atomic E-state index is -4.53. The van der Waals surface area contributed by atoms with E-state index in [-0.39, 0.29) is 6.54 Å². The van der Waals surface area contributed by atoms with Crippen molar-refractivity contribution in [2.24, 2.45) is 0 Å². The maximum absolute atomic E-state index is 11.8. The normalized spacial score (nSPS) is 10.9. The zero-order chi connectivity index (χ0) is 14.5. The van der Waals surface area contributed by atoms with Crippen molar-refractivity contribution in [2.75, 3.05) is 6.54 Å². The lowest BCUT2D eigenvalue weighted by Gasteiger charge is -2.08. The highest BCUT2D eigenvalue weighted by molar-refractivity contribution is 6.35. The van der Waals surface area contributed by atoms with Gasteiger partial charge in [-0.3, -0.25) is 9.59 Å². The Hall–Kier alpha value is -2.05. The Kier molecular flexibility index (Phi) is 4.91. The van der Waals surface area contributed by atoms with Gasteiger partial charge in [-0.2, -0.15) is 13.2 Å². The maximum Gasteiger partial charge on any atom is 0.405 e. The molecular weight excluding hydrogens is 261 g/mol. The summed E-state index contributed by atoms with van der Waals surface area (Å²) in [6, 6.07) is 7.16. The number of hydrogen-bond donors (Lipinski definition) is 2. The minimum absolute atomic E-state index is 0.0819. The number of halogens is 3. The van der Waals surface area contributed by atoms with Gasteiger partial charge in [0.25, 0.3) is 0 Å². The summed E-state index contributed by atoms with van der Waals surface area (Å²) in [6.07, 6.45) is -4.53. The molecule has 1 aromatic carbocycles. The SMILES string of the molecule is Cc1ccc(CNC(=O)C(=O)NCC(F)(F)F)cc1. The Morgan fingerprint density at radius 3 is 2.11 bits per heavy atom. The molecule has 0 heterocycles. The predicted molar refractivity (Wildman–Crippen MR) is 62.1 cm³/mol. The number of carbonyl (C=O) groups excluding carboxylic acids is 2. The molecule has 0 bridgehead atoms. The van der Waals surface area contributed by atoms with E-state index in [9.17, 15) is 22.8 Å². The highest BCUT2D eigenvalue weighted by Gasteiger charge is 2.28. The zero-order valence-corrected chi connectivity index (χ0v) is 10.2. The number of hydrogen-bond acceptors (Lipinski definition) is 2. The van der Waals surface area contributed by atoms with Crippen LogP contribution in [0.4, 0.5) is 13.2 Å². The first-order chi connectivity index (χ1) is 8.78. The van der Waals surface area contributed by atoms with Crippen molar-refractivity contribution in [3.05, 3.63) is 35.4 Å². The van der Waals surface area contributed by atoms with Gasteiger partial charge in [-0.15, -0.1) is 0 Å². The van der Waals surface area contributed by atoms with Crippen LogP contribution in [0.3, 0.4) is 0 Å². The van der Waals surface area contributed by atoms with E-state index in [0.29, 0.717) is 0 Å². The number of aryl methyl sites for hydroxylation is 1. The molecule has 0 aliphatic heterocycles. The van der Waals surface area contributed by atoms with Crippen LogP contribution in [0.2, 0.25) is 0 Å². The molecule has 0 atom stereocenters. The molecule has 4 nitrogen and oxygen atoms in total. The van der Waals surface area contributed by atoms with Crippen molar-refractivity contribution >= 4 is 11.8 Å². The molecule has 19 heavy (non-hydrogen) atoms. The van der Waals surface area contributed by atoms with Crippen molar-refractivity contribution in [1.29, 1.82) is 0 Å². The second-order valence-electron chi connectivity index (χ2n) is 3.97. The molecule has 1 aromatic rings. The highest BCUT2D eigenvalue weighted by atomic mass is 19.4. The first-order valence-corrected chi connectivity index (χ1v) is 5.46. The molecule has 0 saturated heterocycles. The van der Waals surface area contributed by atoms with Gasteiger partial charge in [0.2, 0.25) is 0 Å². The highest BCUT2D eigenvalue weighted by Crippen LogP contribution is 2.11. The Morgan fingerprint density at radius 2 is 1.58 bits per heavy atom. The van der Waals surface area contributed by atoms with Gasteiger partial charge in [0.15, 0.2) is 0 Å². The molecule has 104 valence electrons. The fraction of sp³-hybridized carbons (Fsp3) is 0.333. The number of benzene rings is 1. The standard InChI is InChI=1S/C12H13F3N2O2/c1-8-2-4-9(5-3-8)6-16-10(18)11(19)17-7-12(13,14)15/h2-5H,6-7H2,1H3,(H,16,18)(H,17,19). The van der Waals surface area contributed by atoms with Gasteiger partial charge < -0.3 is 10.6 Å². The lowest BCUT2D eigenvalue weighted by molar-refractivity contribution is -0.146. The monoisotopic (exact) mass is 274 g/mol. The van der Waals surface area contributed by atoms with Gasteiger partial charge in [0.1, 0.15) is 6.54 Å². The van der Waals surface area contributed by atoms with Crippen LogP contribution in [0.5, 0.6) is 0 Å². The Bertz CT molecular complexity index is 455. The molecule has 0 saturated carbocycles. The Morgan fingerprint density at radius 1 is 1.05 bits per heavy atom. The van der Waals surface area contributed by atoms with Gasteiger partial charge in [0, 0.05) is 6.54 Å². The zero-order valence-electron chi connectivity index (χ0n) is 10.2. The second kappa shape index (κ2) is 6.21. The summed E-state index contributed by atoms with van der Waals surface area (Å²) in [7, 11) is 0. The third-order valence-corrected chi connectivity index (χ3v) is 2.23. The molecule has 2 amide bonds. The number of rotatable bonds is 3. The summed E-state index contributed by atoms with van der Waals surface area (Å²) in [5.41, 5.74) is 1.79. The Labute approximate surface area is 108 Å². The smallest absolute Gasteiger partial charge is 0.344 e. The number of nitrogens with one attached hydrogen (secondary N) is 2. The third kappa shape index (κ3) is 5.89. The van der Waals surface area contributed by atoms with Crippen LogP contribution in [0.15, 0.2) is 24.3 Å². The molecule has 7 heteroatoms. The first-order valence-electron chi connectivity index (χ1n) is 5.46. The van der Waals surface area contributed by atoms with Crippen molar-refractivity contribution < 1.29 is 22.8 Å². The quantitative estimate of drug-likeness (QED) is 0.816. The lowest BCUT2D eigenvalue weighted by Crippen LogP contribution is -2.43. The average molecular weight is 274 g/mol. The van der Waals surface area contributed by atoms with E-state index in [0.717, 1.165) is 11.1 Å². The van der Waals surface area contributed by atoms with E-state index in [1.165, 1.54) is 5.32 Å². The molecule has 1 rings (SSSR count). The van der Waals surface area contributed by atoms with Crippen LogP contribution in [-0.4, -0.2) is 24.5 Å². The lowest BCUT2D eigenvalue weighted by atomic mass is 10.1. The summed E-state index contributed by atoms with van der Waals surface area (Å²) >= 11 is 0. The van der Waals surface area contributed by atoms with E-state index in [2.05, 4.69) is 5.32 Å². The summed E-state index contributed by atoms with van der Waals surface area (Å²) in [6.45, 7) is 0.454. The third-order valence-electron chi connectivity index (χ3n) is 2.23. The predicted octanol–water partition coefficient (Wildman–Crippen LogP) is 1.29. The summed E-state index contributed by atoms with van der Waals surface area (Å²) in [4.78, 5) is 22.3. The topological polar surface area (TPSA) is 58.2 Å². The van der Waals surface area contributed by atoms with Gasteiger partial charge in [-0.25, -0.2) is 0 Å². The fourth-order valence-corrected chi connectivity index (χ4v) is 1.23. The van der Waals surface area contributed by atoms with Crippen LogP contribution >= 0.6 is 0 Å². The van der Waals surface area contributed by atoms with Crippen LogP contribution in [0.1, 0.15) is 11.1 Å². The molecule has 0 aliphatic carbocycles. The van der Waals surface area contributed by atoms with Crippen molar-refractivity contribution in [1.82, 2.24) is 10.6 Å². The van der Waals surface area contributed by atoms with E-state index in [1.807, 2.05) is 19.1 Å². The maximum atomic E-state index is 11.8. The Balaban J connectivity index is 2.38. The number of alkyl halides is 3. The largest absolute Gasteiger partial charge is 0.405 e. The van der Waals surface area contributed by atoms with Crippen molar-refractivity contribution in [3.8, 4) is 0 Å². The van der Waals surface area contributed by atoms with E-state index >= 15 is 0 Å². The first kappa shape index (κ1) is 15.0. The van der Waals surface area contributed by atoms with Crippen LogP contribution in [0.25, 0.3) is 0 Å². The van der Waals surface area contributed by atoms with Crippen LogP contribution in [-0.2, 0) is 16.1 Å². The number of amides is 2. The van der Waals surface area contributed by atoms with Crippen LogP contribution in [0, 0.1) is 6.92 Å². The van der Waals surface area contributed by atoms with Crippen molar-refractivity contribution in [3.63, 3.8) is 0 Å². The van der Waals surface area contributed by atoms with Gasteiger partial charge in [0.05, 0.1) is 0 Å². The molecule has 0 spiro atoms. The van der Waals surface area contributed by atoms with E-state index in [4.69, 9.17) is 0 Å². The molecule has 0 aromatic heterocycles. The molecule has 0 fully saturated rings. The van der Waals surface area contributed by atoms with Gasteiger partial charge in [-0.1, -0.05) is 29.8 Å². The molecule has 0 aliphatic rings. The van der Waals surface area contributed by atoms with Gasteiger partial charge in [-0.05, 0) is 12.5 Å².